The van der Waals surface area contributed by atoms with E-state index >= 15 is 0 Å². The number of nitrogens with zero attached hydrogens (tertiary/aromatic N) is 3. The topological polar surface area (TPSA) is 109 Å². The molecule has 4 heterocycles. The van der Waals surface area contributed by atoms with E-state index < -0.39 is 11.5 Å². The van der Waals surface area contributed by atoms with Gasteiger partial charge in [-0.15, -0.1) is 0 Å². The van der Waals surface area contributed by atoms with Crippen molar-refractivity contribution in [3.05, 3.63) is 77.0 Å². The summed E-state index contributed by atoms with van der Waals surface area (Å²) in [5.74, 6) is -0.480. The Balaban J connectivity index is 1.36. The molecule has 0 atom stereocenters. The molecule has 9 nitrogen and oxygen atoms in total. The van der Waals surface area contributed by atoms with Gasteiger partial charge in [0.15, 0.2) is 0 Å². The molecule has 0 saturated carbocycles. The first-order valence-electron chi connectivity index (χ1n) is 10.8. The molecule has 1 aliphatic heterocycles. The maximum absolute atomic E-state index is 13.1. The van der Waals surface area contributed by atoms with E-state index in [1.165, 1.54) is 6.20 Å². The molecule has 0 spiro atoms. The minimum absolute atomic E-state index is 0.0149. The van der Waals surface area contributed by atoms with Crippen molar-refractivity contribution in [1.82, 2.24) is 19.9 Å². The summed E-state index contributed by atoms with van der Waals surface area (Å²) in [5.41, 5.74) is 3.18. The van der Waals surface area contributed by atoms with Crippen molar-refractivity contribution >= 4 is 39.7 Å². The molecule has 1 fully saturated rings. The van der Waals surface area contributed by atoms with Gasteiger partial charge in [0.05, 0.1) is 11.4 Å². The molecule has 9 heteroatoms. The van der Waals surface area contributed by atoms with E-state index in [0.29, 0.717) is 11.4 Å². The molecule has 0 radical (unpaired) electrons. The molecule has 1 saturated heterocycles. The third-order valence-corrected chi connectivity index (χ3v) is 5.91. The Morgan fingerprint density at radius 2 is 1.70 bits per heavy atom. The predicted octanol–water partition coefficient (Wildman–Crippen LogP) is 3.00. The summed E-state index contributed by atoms with van der Waals surface area (Å²) in [6, 6.07) is 13.1. The molecular formula is C24H25N7O2. The van der Waals surface area contributed by atoms with E-state index in [2.05, 4.69) is 42.4 Å². The number of pyridine rings is 2. The second kappa shape index (κ2) is 8.79. The third kappa shape index (κ3) is 4.31. The zero-order valence-electron chi connectivity index (χ0n) is 18.3. The highest BCUT2D eigenvalue weighted by molar-refractivity contribution is 6.08. The van der Waals surface area contributed by atoms with Crippen LogP contribution in [0.5, 0.6) is 0 Å². The number of aromatic nitrogens is 3. The van der Waals surface area contributed by atoms with Gasteiger partial charge in [-0.2, -0.15) is 0 Å². The van der Waals surface area contributed by atoms with Crippen molar-refractivity contribution in [3.63, 3.8) is 0 Å². The molecule has 4 N–H and O–H groups in total. The van der Waals surface area contributed by atoms with Crippen LogP contribution < -0.4 is 21.1 Å². The number of nitrogens with one attached hydrogen (secondary N) is 4. The molecule has 0 bridgehead atoms. The Hall–Kier alpha value is -4.11. The Labute approximate surface area is 190 Å². The van der Waals surface area contributed by atoms with Crippen LogP contribution in [0.25, 0.3) is 11.0 Å². The van der Waals surface area contributed by atoms with Gasteiger partial charge in [-0.05, 0) is 49.5 Å². The highest BCUT2D eigenvalue weighted by atomic mass is 16.2. The van der Waals surface area contributed by atoms with Crippen LogP contribution in [0.3, 0.4) is 0 Å². The van der Waals surface area contributed by atoms with Crippen LogP contribution in [-0.4, -0.2) is 59.0 Å². The Kier molecular flexibility index (Phi) is 5.54. The average molecular weight is 444 g/mol. The van der Waals surface area contributed by atoms with Gasteiger partial charge < -0.3 is 30.4 Å². The molecule has 1 aromatic carbocycles. The van der Waals surface area contributed by atoms with Crippen LogP contribution in [0.4, 0.5) is 22.7 Å². The zero-order valence-corrected chi connectivity index (χ0v) is 18.3. The fraction of sp³-hybridized carbons (Fsp3) is 0.208. The van der Waals surface area contributed by atoms with Crippen molar-refractivity contribution in [2.45, 2.75) is 0 Å². The third-order valence-electron chi connectivity index (χ3n) is 5.91. The number of piperazine rings is 1. The number of carbonyl (C=O) groups excluding carboxylic acids is 1. The van der Waals surface area contributed by atoms with Crippen LogP contribution in [0.2, 0.25) is 0 Å². The van der Waals surface area contributed by atoms with Gasteiger partial charge in [0, 0.05) is 61.5 Å². The monoisotopic (exact) mass is 443 g/mol. The van der Waals surface area contributed by atoms with Gasteiger partial charge in [0.25, 0.3) is 11.5 Å². The lowest BCUT2D eigenvalue weighted by molar-refractivity contribution is 0.102. The lowest BCUT2D eigenvalue weighted by atomic mass is 10.1. The Bertz CT molecular complexity index is 1330. The van der Waals surface area contributed by atoms with Crippen molar-refractivity contribution in [2.75, 3.05) is 48.8 Å². The molecule has 1 amide bonds. The van der Waals surface area contributed by atoms with Crippen molar-refractivity contribution in [1.29, 1.82) is 0 Å². The number of hydrogen-bond donors (Lipinski definition) is 4. The molecule has 0 unspecified atom stereocenters. The van der Waals surface area contributed by atoms with Gasteiger partial charge in [0.1, 0.15) is 11.2 Å². The number of amides is 1. The average Bonchev–Trinajstić information content (AvgIpc) is 3.30. The number of likely N-dealkylation sites (N-methyl/N-ethyl adjacent to an activating group) is 1. The maximum atomic E-state index is 13.1. The minimum Gasteiger partial charge on any atom is -0.369 e. The maximum Gasteiger partial charge on any atom is 0.263 e. The largest absolute Gasteiger partial charge is 0.369 e. The Morgan fingerprint density at radius 3 is 2.48 bits per heavy atom. The second-order valence-corrected chi connectivity index (χ2v) is 8.11. The number of fused-ring (bicyclic) bond motifs is 1. The van der Waals surface area contributed by atoms with Crippen molar-refractivity contribution < 1.29 is 4.79 Å². The van der Waals surface area contributed by atoms with E-state index in [0.717, 1.165) is 48.6 Å². The fourth-order valence-corrected chi connectivity index (χ4v) is 4.04. The second-order valence-electron chi connectivity index (χ2n) is 8.11. The molecule has 3 aromatic heterocycles. The number of carbonyl (C=O) groups is 1. The number of anilines is 4. The summed E-state index contributed by atoms with van der Waals surface area (Å²) in [6.45, 7) is 4.00. The lowest BCUT2D eigenvalue weighted by Crippen LogP contribution is -2.44. The molecular weight excluding hydrogens is 418 g/mol. The van der Waals surface area contributed by atoms with Crippen LogP contribution in [0.15, 0.2) is 65.8 Å². The minimum atomic E-state index is -0.480. The molecule has 4 aromatic rings. The van der Waals surface area contributed by atoms with Crippen LogP contribution in [-0.2, 0) is 0 Å². The highest BCUT2D eigenvalue weighted by Crippen LogP contribution is 2.26. The Morgan fingerprint density at radius 1 is 0.939 bits per heavy atom. The fourth-order valence-electron chi connectivity index (χ4n) is 4.04. The molecule has 5 rings (SSSR count). The van der Waals surface area contributed by atoms with Gasteiger partial charge >= 0.3 is 0 Å². The van der Waals surface area contributed by atoms with Crippen LogP contribution in [0, 0.1) is 0 Å². The number of aromatic amines is 2. The molecule has 0 aliphatic carbocycles. The molecule has 1 aliphatic rings. The van der Waals surface area contributed by atoms with E-state index in [1.54, 1.807) is 24.5 Å². The van der Waals surface area contributed by atoms with E-state index in [1.807, 2.05) is 30.3 Å². The lowest BCUT2D eigenvalue weighted by Gasteiger charge is -2.34. The summed E-state index contributed by atoms with van der Waals surface area (Å²) in [7, 11) is 2.12. The number of rotatable bonds is 5. The number of hydrogen-bond acceptors (Lipinski definition) is 6. The number of H-pyrrole nitrogens is 2. The van der Waals surface area contributed by atoms with Crippen LogP contribution >= 0.6 is 0 Å². The predicted molar refractivity (Wildman–Crippen MR) is 131 cm³/mol. The van der Waals surface area contributed by atoms with Gasteiger partial charge in [-0.1, -0.05) is 0 Å². The quantitative estimate of drug-likeness (QED) is 0.378. The van der Waals surface area contributed by atoms with Crippen LogP contribution in [0.1, 0.15) is 10.4 Å². The molecule has 168 valence electrons. The summed E-state index contributed by atoms with van der Waals surface area (Å²) < 4.78 is 0. The van der Waals surface area contributed by atoms with E-state index in [-0.39, 0.29) is 5.56 Å². The first-order chi connectivity index (χ1) is 16.1. The molecule has 33 heavy (non-hydrogen) atoms. The summed E-state index contributed by atoms with van der Waals surface area (Å²) >= 11 is 0. The normalized spacial score (nSPS) is 14.4. The first-order valence-corrected chi connectivity index (χ1v) is 10.8. The highest BCUT2D eigenvalue weighted by Gasteiger charge is 2.18. The summed E-state index contributed by atoms with van der Waals surface area (Å²) in [4.78, 5) is 40.2. The van der Waals surface area contributed by atoms with Gasteiger partial charge in [-0.25, -0.2) is 4.98 Å². The first kappa shape index (κ1) is 20.8. The zero-order chi connectivity index (χ0) is 22.8. The number of benzene rings is 1. The summed E-state index contributed by atoms with van der Waals surface area (Å²) in [6.07, 6.45) is 4.97. The smallest absolute Gasteiger partial charge is 0.263 e. The van der Waals surface area contributed by atoms with Crippen molar-refractivity contribution in [2.24, 2.45) is 0 Å². The van der Waals surface area contributed by atoms with Gasteiger partial charge in [0.2, 0.25) is 0 Å². The standard InChI is InChI=1S/C24H25N7O2/c1-30-12-14-31(15-13-30)17-4-2-16(3-5-17)28-24(33)21-20(8-11-27-23(21)32)29-19-7-10-26-22-18(19)6-9-25-22/h2-11H,12-15H2,1H3,(H,28,33)(H3,25,26,27,29,32). The summed E-state index contributed by atoms with van der Waals surface area (Å²) in [5, 5.41) is 6.93. The van der Waals surface area contributed by atoms with E-state index in [4.69, 9.17) is 0 Å². The van der Waals surface area contributed by atoms with Gasteiger partial charge in [-0.3, -0.25) is 9.59 Å². The van der Waals surface area contributed by atoms with Crippen molar-refractivity contribution in [3.8, 4) is 0 Å². The SMILES string of the molecule is CN1CCN(c2ccc(NC(=O)c3c(Nc4ccnc5[nH]ccc45)cc[nH]c3=O)cc2)CC1. The van der Waals surface area contributed by atoms with E-state index in [9.17, 15) is 9.59 Å².